The number of rotatable bonds is 4. The standard InChI is InChI=1S/C9H9BrClNO3/c10-6-1-2-7(8(11)5-6)9(14)12-15-4-3-13/h1-2,5,13H,3-4H2,(H,12,14). The summed E-state index contributed by atoms with van der Waals surface area (Å²) in [5, 5.41) is 8.76. The van der Waals surface area contributed by atoms with Gasteiger partial charge < -0.3 is 5.11 Å². The van der Waals surface area contributed by atoms with Gasteiger partial charge in [0.1, 0.15) is 0 Å². The minimum atomic E-state index is -0.444. The molecule has 1 rings (SSSR count). The number of aliphatic hydroxyl groups is 1. The minimum Gasteiger partial charge on any atom is -0.394 e. The van der Waals surface area contributed by atoms with E-state index in [4.69, 9.17) is 16.7 Å². The molecule has 0 aliphatic heterocycles. The summed E-state index contributed by atoms with van der Waals surface area (Å²) in [5.41, 5.74) is 2.48. The lowest BCUT2D eigenvalue weighted by Crippen LogP contribution is -2.25. The third-order valence-corrected chi connectivity index (χ3v) is 2.34. The fourth-order valence-electron chi connectivity index (χ4n) is 0.891. The van der Waals surface area contributed by atoms with E-state index in [2.05, 4.69) is 26.2 Å². The van der Waals surface area contributed by atoms with Gasteiger partial charge in [-0.2, -0.15) is 0 Å². The summed E-state index contributed by atoms with van der Waals surface area (Å²) in [7, 11) is 0. The van der Waals surface area contributed by atoms with Gasteiger partial charge in [-0.15, -0.1) is 0 Å². The number of carbonyl (C=O) groups is 1. The van der Waals surface area contributed by atoms with Gasteiger partial charge in [-0.05, 0) is 18.2 Å². The third kappa shape index (κ3) is 3.79. The predicted octanol–water partition coefficient (Wildman–Crippen LogP) is 1.76. The maximum atomic E-state index is 11.4. The maximum absolute atomic E-state index is 11.4. The van der Waals surface area contributed by atoms with Gasteiger partial charge in [-0.1, -0.05) is 27.5 Å². The molecule has 2 N–H and O–H groups in total. The van der Waals surface area contributed by atoms with Crippen LogP contribution in [0.2, 0.25) is 5.02 Å². The molecule has 0 aliphatic carbocycles. The molecule has 1 aromatic carbocycles. The second-order valence-corrected chi connectivity index (χ2v) is 3.95. The smallest absolute Gasteiger partial charge is 0.276 e. The van der Waals surface area contributed by atoms with Crippen LogP contribution in [0, 0.1) is 0 Å². The highest BCUT2D eigenvalue weighted by molar-refractivity contribution is 9.10. The summed E-state index contributed by atoms with van der Waals surface area (Å²) in [5.74, 6) is -0.444. The molecule has 1 amide bonds. The van der Waals surface area contributed by atoms with Crippen LogP contribution in [0.4, 0.5) is 0 Å². The fraction of sp³-hybridized carbons (Fsp3) is 0.222. The first kappa shape index (κ1) is 12.4. The number of carbonyl (C=O) groups excluding carboxylic acids is 1. The van der Waals surface area contributed by atoms with Gasteiger partial charge in [0, 0.05) is 4.47 Å². The molecule has 6 heteroatoms. The first-order valence-corrected chi connectivity index (χ1v) is 5.30. The van der Waals surface area contributed by atoms with Crippen molar-refractivity contribution in [2.45, 2.75) is 0 Å². The van der Waals surface area contributed by atoms with E-state index in [-0.39, 0.29) is 13.2 Å². The highest BCUT2D eigenvalue weighted by Gasteiger charge is 2.09. The molecular formula is C9H9BrClNO3. The van der Waals surface area contributed by atoms with Crippen molar-refractivity contribution in [3.63, 3.8) is 0 Å². The molecule has 0 radical (unpaired) electrons. The lowest BCUT2D eigenvalue weighted by atomic mass is 10.2. The van der Waals surface area contributed by atoms with Crippen molar-refractivity contribution < 1.29 is 14.7 Å². The number of aliphatic hydroxyl groups excluding tert-OH is 1. The Hall–Kier alpha value is -0.620. The molecule has 4 nitrogen and oxygen atoms in total. The van der Waals surface area contributed by atoms with E-state index in [9.17, 15) is 4.79 Å². The van der Waals surface area contributed by atoms with E-state index >= 15 is 0 Å². The zero-order valence-electron chi connectivity index (χ0n) is 7.67. The van der Waals surface area contributed by atoms with Crippen molar-refractivity contribution in [1.82, 2.24) is 5.48 Å². The highest BCUT2D eigenvalue weighted by Crippen LogP contribution is 2.21. The van der Waals surface area contributed by atoms with E-state index in [1.54, 1.807) is 18.2 Å². The second kappa shape index (κ2) is 6.07. The SMILES string of the molecule is O=C(NOCCO)c1ccc(Br)cc1Cl. The minimum absolute atomic E-state index is 0.0416. The van der Waals surface area contributed by atoms with Crippen LogP contribution in [0.25, 0.3) is 0 Å². The molecule has 1 aromatic rings. The number of hydrogen-bond donors (Lipinski definition) is 2. The highest BCUT2D eigenvalue weighted by atomic mass is 79.9. The summed E-state index contributed by atoms with van der Waals surface area (Å²) in [6, 6.07) is 4.89. The van der Waals surface area contributed by atoms with Crippen LogP contribution in [0.3, 0.4) is 0 Å². The van der Waals surface area contributed by atoms with Crippen molar-refractivity contribution in [2.75, 3.05) is 13.2 Å². The molecule has 0 atom stereocenters. The van der Waals surface area contributed by atoms with E-state index in [0.717, 1.165) is 4.47 Å². The van der Waals surface area contributed by atoms with Gasteiger partial charge >= 0.3 is 0 Å². The Balaban J connectivity index is 2.65. The van der Waals surface area contributed by atoms with Crippen molar-refractivity contribution in [3.05, 3.63) is 33.3 Å². The lowest BCUT2D eigenvalue weighted by molar-refractivity contribution is 0.0168. The topological polar surface area (TPSA) is 58.6 Å². The maximum Gasteiger partial charge on any atom is 0.276 e. The molecule has 0 aromatic heterocycles. The second-order valence-electron chi connectivity index (χ2n) is 2.63. The zero-order valence-corrected chi connectivity index (χ0v) is 10.0. The molecule has 0 fully saturated rings. The van der Waals surface area contributed by atoms with E-state index in [0.29, 0.717) is 10.6 Å². The fourth-order valence-corrected chi connectivity index (χ4v) is 1.65. The molecule has 0 heterocycles. The van der Waals surface area contributed by atoms with Crippen LogP contribution >= 0.6 is 27.5 Å². The average Bonchev–Trinajstić information content (AvgIpc) is 2.17. The third-order valence-electron chi connectivity index (χ3n) is 1.53. The number of nitrogens with one attached hydrogen (secondary N) is 1. The normalized spacial score (nSPS) is 10.1. The van der Waals surface area contributed by atoms with Gasteiger partial charge in [0.25, 0.3) is 5.91 Å². The van der Waals surface area contributed by atoms with Crippen LogP contribution in [0.5, 0.6) is 0 Å². The van der Waals surface area contributed by atoms with Gasteiger partial charge in [-0.3, -0.25) is 9.63 Å². The molecule has 0 spiro atoms. The number of halogens is 2. The predicted molar refractivity (Wildman–Crippen MR) is 59.7 cm³/mol. The number of amides is 1. The summed E-state index contributed by atoms with van der Waals surface area (Å²) in [6.07, 6.45) is 0. The van der Waals surface area contributed by atoms with Gasteiger partial charge in [0.2, 0.25) is 0 Å². The van der Waals surface area contributed by atoms with E-state index in [1.165, 1.54) is 0 Å². The molecule has 82 valence electrons. The lowest BCUT2D eigenvalue weighted by Gasteiger charge is -2.06. The molecule has 0 bridgehead atoms. The molecule has 0 saturated heterocycles. The van der Waals surface area contributed by atoms with Crippen molar-refractivity contribution >= 4 is 33.4 Å². The Kier molecular flexibility index (Phi) is 5.04. The number of hydroxylamine groups is 1. The number of hydrogen-bond acceptors (Lipinski definition) is 3. The molecule has 0 unspecified atom stereocenters. The summed E-state index contributed by atoms with van der Waals surface area (Å²) >= 11 is 9.07. The Morgan fingerprint density at radius 3 is 2.93 bits per heavy atom. The molecule has 0 saturated carbocycles. The van der Waals surface area contributed by atoms with Crippen LogP contribution in [-0.2, 0) is 4.84 Å². The van der Waals surface area contributed by atoms with Crippen LogP contribution in [0.15, 0.2) is 22.7 Å². The van der Waals surface area contributed by atoms with Crippen molar-refractivity contribution in [2.24, 2.45) is 0 Å². The summed E-state index contributed by atoms with van der Waals surface area (Å²) in [4.78, 5) is 16.1. The largest absolute Gasteiger partial charge is 0.394 e. The Morgan fingerprint density at radius 2 is 2.33 bits per heavy atom. The summed E-state index contributed by atoms with van der Waals surface area (Å²) < 4.78 is 0.792. The quantitative estimate of drug-likeness (QED) is 0.657. The monoisotopic (exact) mass is 293 g/mol. The van der Waals surface area contributed by atoms with Crippen LogP contribution < -0.4 is 5.48 Å². The Morgan fingerprint density at radius 1 is 1.60 bits per heavy atom. The number of benzene rings is 1. The first-order valence-electron chi connectivity index (χ1n) is 4.13. The van der Waals surface area contributed by atoms with E-state index in [1.807, 2.05) is 0 Å². The van der Waals surface area contributed by atoms with Gasteiger partial charge in [-0.25, -0.2) is 5.48 Å². The van der Waals surface area contributed by atoms with Crippen LogP contribution in [-0.4, -0.2) is 24.2 Å². The van der Waals surface area contributed by atoms with Crippen molar-refractivity contribution in [1.29, 1.82) is 0 Å². The molecule has 15 heavy (non-hydrogen) atoms. The van der Waals surface area contributed by atoms with Crippen molar-refractivity contribution in [3.8, 4) is 0 Å². The summed E-state index contributed by atoms with van der Waals surface area (Å²) in [6.45, 7) is -0.117. The Bertz CT molecular complexity index is 359. The zero-order chi connectivity index (χ0) is 11.3. The Labute approximate surface area is 100 Å². The molecular weight excluding hydrogens is 285 g/mol. The van der Waals surface area contributed by atoms with Gasteiger partial charge in [0.15, 0.2) is 0 Å². The molecule has 0 aliphatic rings. The first-order chi connectivity index (χ1) is 7.15. The van der Waals surface area contributed by atoms with E-state index < -0.39 is 5.91 Å². The van der Waals surface area contributed by atoms with Crippen LogP contribution in [0.1, 0.15) is 10.4 Å². The average molecular weight is 295 g/mol. The van der Waals surface area contributed by atoms with Gasteiger partial charge in [0.05, 0.1) is 23.8 Å².